The van der Waals surface area contributed by atoms with Gasteiger partial charge in [0.1, 0.15) is 5.52 Å². The lowest BCUT2D eigenvalue weighted by Gasteiger charge is -2.17. The standard InChI is InChI=1S/C17H14BrN3O2/c1-11(12-4-6-13(18)7-5-12)20-15-8-9-16(21(22)23)14-3-2-10-19-17(14)15/h2-11,20H,1H3. The Balaban J connectivity index is 1.99. The lowest BCUT2D eigenvalue weighted by molar-refractivity contribution is -0.383. The summed E-state index contributed by atoms with van der Waals surface area (Å²) in [5, 5.41) is 15.1. The second-order valence-corrected chi connectivity index (χ2v) is 6.12. The maximum absolute atomic E-state index is 11.2. The summed E-state index contributed by atoms with van der Waals surface area (Å²) >= 11 is 3.42. The molecule has 0 saturated heterocycles. The number of nitro benzene ring substituents is 1. The average Bonchev–Trinajstić information content (AvgIpc) is 2.55. The number of hydrogen-bond acceptors (Lipinski definition) is 4. The lowest BCUT2D eigenvalue weighted by atomic mass is 10.1. The van der Waals surface area contributed by atoms with Crippen LogP contribution in [0.5, 0.6) is 0 Å². The van der Waals surface area contributed by atoms with E-state index >= 15 is 0 Å². The zero-order valence-electron chi connectivity index (χ0n) is 12.4. The third-order valence-electron chi connectivity index (χ3n) is 3.69. The number of non-ortho nitro benzene ring substituents is 1. The minimum Gasteiger partial charge on any atom is -0.377 e. The largest absolute Gasteiger partial charge is 0.377 e. The minimum atomic E-state index is -0.383. The van der Waals surface area contributed by atoms with E-state index in [0.29, 0.717) is 10.9 Å². The normalized spacial score (nSPS) is 12.1. The van der Waals surface area contributed by atoms with E-state index in [1.807, 2.05) is 31.2 Å². The van der Waals surface area contributed by atoms with Crippen LogP contribution in [0.4, 0.5) is 11.4 Å². The van der Waals surface area contributed by atoms with Crippen molar-refractivity contribution >= 4 is 38.2 Å². The van der Waals surface area contributed by atoms with Gasteiger partial charge in [0.05, 0.1) is 16.0 Å². The molecule has 5 nitrogen and oxygen atoms in total. The quantitative estimate of drug-likeness (QED) is 0.512. The van der Waals surface area contributed by atoms with E-state index in [9.17, 15) is 10.1 Å². The molecule has 23 heavy (non-hydrogen) atoms. The molecule has 6 heteroatoms. The molecule has 1 unspecified atom stereocenters. The molecule has 1 atom stereocenters. The van der Waals surface area contributed by atoms with Crippen molar-refractivity contribution in [2.75, 3.05) is 5.32 Å². The summed E-state index contributed by atoms with van der Waals surface area (Å²) in [7, 11) is 0. The number of rotatable bonds is 4. The van der Waals surface area contributed by atoms with Crippen molar-refractivity contribution in [1.29, 1.82) is 0 Å². The highest BCUT2D eigenvalue weighted by molar-refractivity contribution is 9.10. The SMILES string of the molecule is CC(Nc1ccc([N+](=O)[O-])c2cccnc12)c1ccc(Br)cc1. The molecule has 0 spiro atoms. The number of aromatic nitrogens is 1. The van der Waals surface area contributed by atoms with Crippen LogP contribution in [-0.4, -0.2) is 9.91 Å². The molecule has 0 amide bonds. The number of anilines is 1. The summed E-state index contributed by atoms with van der Waals surface area (Å²) in [4.78, 5) is 15.1. The van der Waals surface area contributed by atoms with Crippen molar-refractivity contribution in [3.05, 3.63) is 74.9 Å². The van der Waals surface area contributed by atoms with E-state index in [0.717, 1.165) is 15.7 Å². The maximum atomic E-state index is 11.2. The summed E-state index contributed by atoms with van der Waals surface area (Å²) in [6.45, 7) is 2.04. The van der Waals surface area contributed by atoms with Crippen molar-refractivity contribution in [3.63, 3.8) is 0 Å². The smallest absolute Gasteiger partial charge is 0.278 e. The van der Waals surface area contributed by atoms with Crippen molar-refractivity contribution < 1.29 is 4.92 Å². The molecule has 3 aromatic rings. The van der Waals surface area contributed by atoms with Gasteiger partial charge in [0.25, 0.3) is 5.69 Å². The Morgan fingerprint density at radius 1 is 1.17 bits per heavy atom. The molecule has 0 aliphatic carbocycles. The highest BCUT2D eigenvalue weighted by atomic mass is 79.9. The first-order valence-corrected chi connectivity index (χ1v) is 7.89. The third-order valence-corrected chi connectivity index (χ3v) is 4.21. The number of hydrogen-bond donors (Lipinski definition) is 1. The van der Waals surface area contributed by atoms with Gasteiger partial charge in [-0.25, -0.2) is 0 Å². The number of pyridine rings is 1. The van der Waals surface area contributed by atoms with E-state index in [1.54, 1.807) is 24.4 Å². The number of nitro groups is 1. The zero-order chi connectivity index (χ0) is 16.4. The highest BCUT2D eigenvalue weighted by Gasteiger charge is 2.16. The summed E-state index contributed by atoms with van der Waals surface area (Å²) < 4.78 is 1.02. The van der Waals surface area contributed by atoms with Crippen LogP contribution in [0.15, 0.2) is 59.2 Å². The van der Waals surface area contributed by atoms with E-state index < -0.39 is 0 Å². The lowest BCUT2D eigenvalue weighted by Crippen LogP contribution is -2.07. The van der Waals surface area contributed by atoms with Gasteiger partial charge in [-0.2, -0.15) is 0 Å². The number of nitrogens with one attached hydrogen (secondary N) is 1. The second-order valence-electron chi connectivity index (χ2n) is 5.21. The van der Waals surface area contributed by atoms with Crippen LogP contribution in [-0.2, 0) is 0 Å². The van der Waals surface area contributed by atoms with Gasteiger partial charge < -0.3 is 5.32 Å². The van der Waals surface area contributed by atoms with Crippen LogP contribution in [0.2, 0.25) is 0 Å². The fraction of sp³-hybridized carbons (Fsp3) is 0.118. The Labute approximate surface area is 141 Å². The molecule has 0 radical (unpaired) electrons. The Morgan fingerprint density at radius 2 is 1.91 bits per heavy atom. The van der Waals surface area contributed by atoms with Crippen LogP contribution >= 0.6 is 15.9 Å². The fourth-order valence-electron chi connectivity index (χ4n) is 2.50. The van der Waals surface area contributed by atoms with Gasteiger partial charge >= 0.3 is 0 Å². The first-order chi connectivity index (χ1) is 11.1. The predicted octanol–water partition coefficient (Wildman–Crippen LogP) is 5.08. The molecule has 116 valence electrons. The number of halogens is 1. The summed E-state index contributed by atoms with van der Waals surface area (Å²) in [6, 6.07) is 14.7. The molecular formula is C17H14BrN3O2. The molecule has 1 N–H and O–H groups in total. The Kier molecular flexibility index (Phi) is 4.25. The Morgan fingerprint density at radius 3 is 2.61 bits per heavy atom. The summed E-state index contributed by atoms with van der Waals surface area (Å²) in [5.74, 6) is 0. The van der Waals surface area contributed by atoms with E-state index in [4.69, 9.17) is 0 Å². The van der Waals surface area contributed by atoms with Crippen LogP contribution in [0.3, 0.4) is 0 Å². The van der Waals surface area contributed by atoms with Crippen molar-refractivity contribution in [2.45, 2.75) is 13.0 Å². The monoisotopic (exact) mass is 371 g/mol. The van der Waals surface area contributed by atoms with Gasteiger partial charge in [-0.15, -0.1) is 0 Å². The van der Waals surface area contributed by atoms with E-state index in [2.05, 4.69) is 26.2 Å². The first kappa shape index (κ1) is 15.4. The second kappa shape index (κ2) is 6.34. The predicted molar refractivity (Wildman–Crippen MR) is 94.6 cm³/mol. The van der Waals surface area contributed by atoms with Crippen LogP contribution in [0.1, 0.15) is 18.5 Å². The Bertz CT molecular complexity index is 865. The highest BCUT2D eigenvalue weighted by Crippen LogP contribution is 2.31. The minimum absolute atomic E-state index is 0.0507. The summed E-state index contributed by atoms with van der Waals surface area (Å²) in [5.41, 5.74) is 2.57. The number of nitrogens with zero attached hydrogens (tertiary/aromatic N) is 2. The molecule has 0 bridgehead atoms. The molecule has 0 aliphatic rings. The molecule has 0 fully saturated rings. The first-order valence-electron chi connectivity index (χ1n) is 7.10. The van der Waals surface area contributed by atoms with Crippen LogP contribution < -0.4 is 5.32 Å². The zero-order valence-corrected chi connectivity index (χ0v) is 13.9. The van der Waals surface area contributed by atoms with Crippen LogP contribution in [0.25, 0.3) is 10.9 Å². The summed E-state index contributed by atoms with van der Waals surface area (Å²) in [6.07, 6.45) is 1.64. The molecule has 0 aliphatic heterocycles. The fourth-order valence-corrected chi connectivity index (χ4v) is 2.77. The molecule has 2 aromatic carbocycles. The van der Waals surface area contributed by atoms with Gasteiger partial charge in [0.2, 0.25) is 0 Å². The number of fused-ring (bicyclic) bond motifs is 1. The van der Waals surface area contributed by atoms with E-state index in [1.165, 1.54) is 6.07 Å². The number of benzene rings is 2. The van der Waals surface area contributed by atoms with E-state index in [-0.39, 0.29) is 16.7 Å². The van der Waals surface area contributed by atoms with Crippen molar-refractivity contribution in [1.82, 2.24) is 4.98 Å². The molecular weight excluding hydrogens is 358 g/mol. The van der Waals surface area contributed by atoms with Gasteiger partial charge in [0.15, 0.2) is 0 Å². The van der Waals surface area contributed by atoms with Crippen molar-refractivity contribution in [2.24, 2.45) is 0 Å². The van der Waals surface area contributed by atoms with Crippen LogP contribution in [0, 0.1) is 10.1 Å². The van der Waals surface area contributed by atoms with Gasteiger partial charge in [-0.3, -0.25) is 15.1 Å². The molecule has 0 saturated carbocycles. The molecule has 3 rings (SSSR count). The molecule has 1 heterocycles. The molecule has 1 aromatic heterocycles. The van der Waals surface area contributed by atoms with Gasteiger partial charge in [0, 0.05) is 22.8 Å². The van der Waals surface area contributed by atoms with Gasteiger partial charge in [-0.1, -0.05) is 28.1 Å². The topological polar surface area (TPSA) is 68.1 Å². The maximum Gasteiger partial charge on any atom is 0.278 e. The third kappa shape index (κ3) is 3.17. The van der Waals surface area contributed by atoms with Gasteiger partial charge in [-0.05, 0) is 42.8 Å². The average molecular weight is 372 g/mol. The van der Waals surface area contributed by atoms with Crippen molar-refractivity contribution in [3.8, 4) is 0 Å². The Hall–Kier alpha value is -2.47.